The minimum absolute atomic E-state index is 0.231. The molecule has 0 amide bonds. The van der Waals surface area contributed by atoms with Gasteiger partial charge in [0.05, 0.1) is 18.9 Å². The van der Waals surface area contributed by atoms with Crippen molar-refractivity contribution in [2.75, 3.05) is 45.9 Å². The number of carbonyl (C=O) groups excluding carboxylic acids is 1. The lowest BCUT2D eigenvalue weighted by molar-refractivity contribution is -0.125. The number of ketones is 1. The van der Waals surface area contributed by atoms with Gasteiger partial charge in [0.15, 0.2) is 5.78 Å². The number of hydrogen-bond acceptors (Lipinski definition) is 5. The molecule has 0 spiro atoms. The number of rotatable bonds is 4. The van der Waals surface area contributed by atoms with Gasteiger partial charge in [0, 0.05) is 68.5 Å². The highest BCUT2D eigenvalue weighted by Crippen LogP contribution is 2.33. The first-order valence-electron chi connectivity index (χ1n) is 10.0. The van der Waals surface area contributed by atoms with Crippen LogP contribution in [0.2, 0.25) is 0 Å². The van der Waals surface area contributed by atoms with Crippen molar-refractivity contribution in [3.8, 4) is 0 Å². The van der Waals surface area contributed by atoms with Crippen LogP contribution in [0.25, 0.3) is 17.1 Å². The number of hydrogen-bond donors (Lipinski definition) is 0. The van der Waals surface area contributed by atoms with E-state index < -0.39 is 0 Å². The average molecular weight is 366 g/mol. The monoisotopic (exact) mass is 366 g/mol. The second-order valence-electron chi connectivity index (χ2n) is 7.76. The molecule has 0 saturated carbocycles. The van der Waals surface area contributed by atoms with Gasteiger partial charge < -0.3 is 14.2 Å². The maximum atomic E-state index is 12.7. The number of pyridine rings is 1. The topological polar surface area (TPSA) is 50.6 Å². The van der Waals surface area contributed by atoms with Crippen molar-refractivity contribution in [1.29, 1.82) is 0 Å². The lowest BCUT2D eigenvalue weighted by Crippen LogP contribution is -2.45. The molecule has 0 aromatic carbocycles. The molecule has 4 aliphatic heterocycles. The summed E-state index contributed by atoms with van der Waals surface area (Å²) in [5, 5.41) is 1.13. The summed E-state index contributed by atoms with van der Waals surface area (Å²) in [5.41, 5.74) is 3.01. The van der Waals surface area contributed by atoms with Gasteiger partial charge in [-0.2, -0.15) is 0 Å². The molecule has 2 aromatic heterocycles. The molecule has 4 saturated heterocycles. The van der Waals surface area contributed by atoms with E-state index in [-0.39, 0.29) is 5.92 Å². The van der Waals surface area contributed by atoms with E-state index in [0.717, 1.165) is 87.6 Å². The summed E-state index contributed by atoms with van der Waals surface area (Å²) < 4.78 is 7.67. The molecule has 142 valence electrons. The molecular formula is C21H26N4O2. The minimum atomic E-state index is 0.231. The van der Waals surface area contributed by atoms with Crippen LogP contribution >= 0.6 is 0 Å². The average Bonchev–Trinajstić information content (AvgIpc) is 3.08. The van der Waals surface area contributed by atoms with Crippen LogP contribution in [0, 0.1) is 5.92 Å². The van der Waals surface area contributed by atoms with Gasteiger partial charge in [-0.15, -0.1) is 0 Å². The third-order valence-electron chi connectivity index (χ3n) is 6.18. The SMILES string of the molecule is O=C1/C(=C/c2cn(CCN3CCOCC3)c3ncccc23)N2CCC1CC2. The predicted molar refractivity (Wildman–Crippen MR) is 104 cm³/mol. The number of allylic oxidation sites excluding steroid dienone is 1. The van der Waals surface area contributed by atoms with E-state index in [4.69, 9.17) is 4.74 Å². The van der Waals surface area contributed by atoms with Crippen LogP contribution in [-0.2, 0) is 16.1 Å². The van der Waals surface area contributed by atoms with Crippen molar-refractivity contribution in [2.24, 2.45) is 5.92 Å². The van der Waals surface area contributed by atoms with E-state index in [1.165, 1.54) is 0 Å². The van der Waals surface area contributed by atoms with E-state index >= 15 is 0 Å². The molecule has 0 aliphatic carbocycles. The molecule has 6 nitrogen and oxygen atoms in total. The fourth-order valence-corrected chi connectivity index (χ4v) is 4.57. The molecule has 6 heteroatoms. The second-order valence-corrected chi connectivity index (χ2v) is 7.76. The van der Waals surface area contributed by atoms with E-state index in [2.05, 4.69) is 37.7 Å². The van der Waals surface area contributed by atoms with Crippen molar-refractivity contribution < 1.29 is 9.53 Å². The zero-order chi connectivity index (χ0) is 18.2. The molecule has 4 fully saturated rings. The standard InChI is InChI=1S/C21H26N4O2/c26-20-16-3-6-24(7-4-16)19(20)14-17-15-25(21-18(17)2-1-5-22-21)9-8-23-10-12-27-13-11-23/h1-2,5,14-16H,3-4,6-13H2/b19-14-. The summed E-state index contributed by atoms with van der Waals surface area (Å²) in [6.07, 6.45) is 8.14. The normalized spacial score (nSPS) is 23.0. The Bertz CT molecular complexity index is 873. The van der Waals surface area contributed by atoms with Gasteiger partial charge in [-0.25, -0.2) is 4.98 Å². The molecule has 2 bridgehead atoms. The summed E-state index contributed by atoms with van der Waals surface area (Å²) in [7, 11) is 0. The molecule has 27 heavy (non-hydrogen) atoms. The van der Waals surface area contributed by atoms with E-state index in [1.54, 1.807) is 0 Å². The molecule has 0 N–H and O–H groups in total. The Hall–Kier alpha value is -2.18. The van der Waals surface area contributed by atoms with Gasteiger partial charge in [-0.05, 0) is 31.1 Å². The first-order chi connectivity index (χ1) is 13.3. The molecular weight excluding hydrogens is 340 g/mol. The van der Waals surface area contributed by atoms with Gasteiger partial charge in [-0.1, -0.05) is 0 Å². The Balaban J connectivity index is 1.44. The molecule has 4 aliphatic rings. The van der Waals surface area contributed by atoms with Gasteiger partial charge in [0.2, 0.25) is 0 Å². The highest BCUT2D eigenvalue weighted by atomic mass is 16.5. The fraction of sp³-hybridized carbons (Fsp3) is 0.524. The zero-order valence-corrected chi connectivity index (χ0v) is 15.6. The Morgan fingerprint density at radius 3 is 2.74 bits per heavy atom. The highest BCUT2D eigenvalue weighted by molar-refractivity contribution is 6.03. The first kappa shape index (κ1) is 17.0. The maximum absolute atomic E-state index is 12.7. The van der Waals surface area contributed by atoms with Crippen molar-refractivity contribution in [1.82, 2.24) is 19.4 Å². The molecule has 6 heterocycles. The molecule has 6 rings (SSSR count). The van der Waals surface area contributed by atoms with Crippen LogP contribution in [-0.4, -0.2) is 71.1 Å². The van der Waals surface area contributed by atoms with E-state index in [1.807, 2.05) is 12.3 Å². The number of piperidine rings is 3. The number of fused-ring (bicyclic) bond motifs is 4. The summed E-state index contributed by atoms with van der Waals surface area (Å²) in [6, 6.07) is 4.09. The Kier molecular flexibility index (Phi) is 4.45. The smallest absolute Gasteiger partial charge is 0.182 e. The summed E-state index contributed by atoms with van der Waals surface area (Å²) in [6.45, 7) is 7.54. The van der Waals surface area contributed by atoms with Gasteiger partial charge in [0.1, 0.15) is 5.65 Å². The van der Waals surface area contributed by atoms with Crippen LogP contribution in [0.4, 0.5) is 0 Å². The Morgan fingerprint density at radius 2 is 1.96 bits per heavy atom. The van der Waals surface area contributed by atoms with Crippen LogP contribution in [0.15, 0.2) is 30.2 Å². The van der Waals surface area contributed by atoms with E-state index in [0.29, 0.717) is 5.78 Å². The van der Waals surface area contributed by atoms with Crippen LogP contribution in [0.5, 0.6) is 0 Å². The number of Topliss-reactive ketones (excluding diaryl/α,β-unsaturated/α-hetero) is 1. The van der Waals surface area contributed by atoms with Crippen molar-refractivity contribution in [3.63, 3.8) is 0 Å². The molecule has 0 unspecified atom stereocenters. The summed E-state index contributed by atoms with van der Waals surface area (Å²) in [5.74, 6) is 0.555. The lowest BCUT2D eigenvalue weighted by Gasteiger charge is -2.41. The predicted octanol–water partition coefficient (Wildman–Crippen LogP) is 2.00. The van der Waals surface area contributed by atoms with Gasteiger partial charge in [0.25, 0.3) is 0 Å². The van der Waals surface area contributed by atoms with Crippen LogP contribution < -0.4 is 0 Å². The Morgan fingerprint density at radius 1 is 1.15 bits per heavy atom. The summed E-state index contributed by atoms with van der Waals surface area (Å²) in [4.78, 5) is 22.0. The van der Waals surface area contributed by atoms with E-state index in [9.17, 15) is 4.79 Å². The second kappa shape index (κ2) is 7.09. The fourth-order valence-electron chi connectivity index (χ4n) is 4.57. The van der Waals surface area contributed by atoms with Gasteiger partial charge >= 0.3 is 0 Å². The number of carbonyl (C=O) groups is 1. The Labute approximate surface area is 159 Å². The quantitative estimate of drug-likeness (QED) is 0.775. The number of morpholine rings is 1. The summed E-state index contributed by atoms with van der Waals surface area (Å²) >= 11 is 0. The van der Waals surface area contributed by atoms with Crippen molar-refractivity contribution in [2.45, 2.75) is 19.4 Å². The number of aromatic nitrogens is 2. The molecule has 2 aromatic rings. The number of nitrogens with zero attached hydrogens (tertiary/aromatic N) is 4. The highest BCUT2D eigenvalue weighted by Gasteiger charge is 2.36. The molecule has 0 atom stereocenters. The van der Waals surface area contributed by atoms with Crippen molar-refractivity contribution >= 4 is 22.9 Å². The largest absolute Gasteiger partial charge is 0.379 e. The minimum Gasteiger partial charge on any atom is -0.379 e. The first-order valence-corrected chi connectivity index (χ1v) is 10.0. The molecule has 0 radical (unpaired) electrons. The van der Waals surface area contributed by atoms with Crippen LogP contribution in [0.1, 0.15) is 18.4 Å². The van der Waals surface area contributed by atoms with Crippen LogP contribution in [0.3, 0.4) is 0 Å². The number of ether oxygens (including phenoxy) is 1. The third-order valence-corrected chi connectivity index (χ3v) is 6.18. The zero-order valence-electron chi connectivity index (χ0n) is 15.6. The van der Waals surface area contributed by atoms with Crippen molar-refractivity contribution in [3.05, 3.63) is 35.8 Å². The maximum Gasteiger partial charge on any atom is 0.182 e. The van der Waals surface area contributed by atoms with Gasteiger partial charge in [-0.3, -0.25) is 9.69 Å². The third kappa shape index (κ3) is 3.17. The lowest BCUT2D eigenvalue weighted by atomic mass is 9.84.